The van der Waals surface area contributed by atoms with Crippen LogP contribution in [0.4, 0.5) is 5.69 Å². The van der Waals surface area contributed by atoms with E-state index in [1.807, 2.05) is 0 Å². The van der Waals surface area contributed by atoms with Crippen LogP contribution in [0.25, 0.3) is 0 Å². The lowest BCUT2D eigenvalue weighted by Gasteiger charge is -2.30. The first-order valence-corrected chi connectivity index (χ1v) is 8.05. The van der Waals surface area contributed by atoms with Crippen molar-refractivity contribution in [2.75, 3.05) is 32.1 Å². The van der Waals surface area contributed by atoms with Crippen molar-refractivity contribution in [2.45, 2.75) is 25.8 Å². The summed E-state index contributed by atoms with van der Waals surface area (Å²) in [4.78, 5) is 12.0. The highest BCUT2D eigenvalue weighted by atomic mass is 35.5. The highest BCUT2D eigenvalue weighted by Gasteiger charge is 2.22. The minimum Gasteiger partial charge on any atom is -0.495 e. The first-order chi connectivity index (χ1) is 10.6. The maximum atomic E-state index is 12.0. The Morgan fingerprint density at radius 1 is 1.42 bits per heavy atom. The third kappa shape index (κ3) is 6.93. The van der Waals surface area contributed by atoms with Crippen molar-refractivity contribution in [1.29, 1.82) is 0 Å². The van der Waals surface area contributed by atoms with Crippen LogP contribution in [-0.4, -0.2) is 38.7 Å². The van der Waals surface area contributed by atoms with Gasteiger partial charge < -0.3 is 20.7 Å². The maximum absolute atomic E-state index is 12.0. The molecule has 3 N–H and O–H groups in total. The van der Waals surface area contributed by atoms with Crippen molar-refractivity contribution < 1.29 is 9.53 Å². The molecule has 0 radical (unpaired) electrons. The van der Waals surface area contributed by atoms with Gasteiger partial charge in [-0.15, -0.1) is 24.8 Å². The summed E-state index contributed by atoms with van der Waals surface area (Å²) in [6.07, 6.45) is 1.41. The number of carbonyl (C=O) groups excluding carboxylic acids is 1. The number of benzene rings is 1. The second kappa shape index (κ2) is 11.6. The number of piperidine rings is 1. The fourth-order valence-corrected chi connectivity index (χ4v) is 2.81. The summed E-state index contributed by atoms with van der Waals surface area (Å²) in [6, 6.07) is 5.65. The second-order valence-corrected chi connectivity index (χ2v) is 6.10. The zero-order valence-electron chi connectivity index (χ0n) is 13.9. The van der Waals surface area contributed by atoms with Gasteiger partial charge in [-0.3, -0.25) is 4.79 Å². The molecule has 1 fully saturated rings. The quantitative estimate of drug-likeness (QED) is 0.689. The lowest BCUT2D eigenvalue weighted by Crippen LogP contribution is -2.48. The molecule has 0 saturated carbocycles. The fourth-order valence-electron chi connectivity index (χ4n) is 2.64. The summed E-state index contributed by atoms with van der Waals surface area (Å²) in [5.41, 5.74) is 0.804. The number of ether oxygens (including phenoxy) is 1. The lowest BCUT2D eigenvalue weighted by atomic mass is 9.95. The van der Waals surface area contributed by atoms with Gasteiger partial charge in [-0.05, 0) is 43.6 Å². The summed E-state index contributed by atoms with van der Waals surface area (Å²) in [5.74, 6) is 1.27. The minimum absolute atomic E-state index is 0. The topological polar surface area (TPSA) is 62.4 Å². The molecule has 0 aliphatic carbocycles. The molecule has 0 bridgehead atoms. The molecule has 1 saturated heterocycles. The average Bonchev–Trinajstić information content (AvgIpc) is 2.50. The van der Waals surface area contributed by atoms with Crippen LogP contribution >= 0.6 is 36.4 Å². The molecule has 1 aromatic carbocycles. The first-order valence-electron chi connectivity index (χ1n) is 7.67. The Kier molecular flexibility index (Phi) is 11.2. The van der Waals surface area contributed by atoms with E-state index in [4.69, 9.17) is 16.3 Å². The van der Waals surface area contributed by atoms with Gasteiger partial charge in [0, 0.05) is 24.0 Å². The Hall–Kier alpha value is -0.880. The smallest absolute Gasteiger partial charge is 0.221 e. The van der Waals surface area contributed by atoms with E-state index < -0.39 is 0 Å². The van der Waals surface area contributed by atoms with E-state index in [1.165, 1.54) is 0 Å². The van der Waals surface area contributed by atoms with Crippen molar-refractivity contribution >= 4 is 48.0 Å². The van der Waals surface area contributed by atoms with Gasteiger partial charge in [-0.2, -0.15) is 0 Å². The van der Waals surface area contributed by atoms with Crippen LogP contribution < -0.4 is 20.7 Å². The number of hydrogen-bond donors (Lipinski definition) is 3. The number of carbonyl (C=O) groups is 1. The van der Waals surface area contributed by atoms with Crippen LogP contribution in [0.1, 0.15) is 19.8 Å². The molecule has 138 valence electrons. The summed E-state index contributed by atoms with van der Waals surface area (Å²) < 4.78 is 5.26. The monoisotopic (exact) mass is 397 g/mol. The number of amides is 1. The average molecular weight is 399 g/mol. The van der Waals surface area contributed by atoms with Gasteiger partial charge in [0.15, 0.2) is 0 Å². The van der Waals surface area contributed by atoms with Crippen molar-refractivity contribution in [3.8, 4) is 5.75 Å². The zero-order chi connectivity index (χ0) is 15.9. The van der Waals surface area contributed by atoms with Crippen LogP contribution in [0.3, 0.4) is 0 Å². The predicted octanol–water partition coefficient (Wildman–Crippen LogP) is 3.11. The van der Waals surface area contributed by atoms with Crippen molar-refractivity contribution in [3.63, 3.8) is 0 Å². The van der Waals surface area contributed by atoms with E-state index in [0.717, 1.165) is 30.9 Å². The van der Waals surface area contributed by atoms with Crippen LogP contribution in [-0.2, 0) is 4.79 Å². The molecule has 5 nitrogen and oxygen atoms in total. The Bertz CT molecular complexity index is 517. The van der Waals surface area contributed by atoms with Crippen LogP contribution in [0.5, 0.6) is 5.75 Å². The Morgan fingerprint density at radius 2 is 2.17 bits per heavy atom. The van der Waals surface area contributed by atoms with Crippen molar-refractivity contribution in [3.05, 3.63) is 23.2 Å². The molecular formula is C16H26Cl3N3O2. The number of methoxy groups -OCH3 is 1. The number of hydrogen-bond acceptors (Lipinski definition) is 4. The van der Waals surface area contributed by atoms with Crippen LogP contribution in [0, 0.1) is 5.92 Å². The van der Waals surface area contributed by atoms with Gasteiger partial charge in [0.25, 0.3) is 0 Å². The summed E-state index contributed by atoms with van der Waals surface area (Å²) in [7, 11) is 1.61. The molecule has 0 aromatic heterocycles. The van der Waals surface area contributed by atoms with Gasteiger partial charge in [-0.1, -0.05) is 18.5 Å². The van der Waals surface area contributed by atoms with Crippen molar-refractivity contribution in [1.82, 2.24) is 10.6 Å². The standard InChI is InChI=1S/C16H24ClN3O2.2ClH/c1-11-10-18-7-5-13(11)20-16(21)6-8-19-14-9-12(17)3-4-15(14)22-2;;/h3-4,9,11,13,18-19H,5-8,10H2,1-2H3,(H,20,21);2*1H. The summed E-state index contributed by atoms with van der Waals surface area (Å²) in [5, 5.41) is 10.3. The van der Waals surface area contributed by atoms with Gasteiger partial charge in [-0.25, -0.2) is 0 Å². The largest absolute Gasteiger partial charge is 0.495 e. The molecule has 0 spiro atoms. The molecule has 2 atom stereocenters. The summed E-state index contributed by atoms with van der Waals surface area (Å²) >= 11 is 5.98. The predicted molar refractivity (Wildman–Crippen MR) is 104 cm³/mol. The highest BCUT2D eigenvalue weighted by molar-refractivity contribution is 6.30. The zero-order valence-corrected chi connectivity index (χ0v) is 16.3. The van der Waals surface area contributed by atoms with E-state index in [2.05, 4.69) is 22.9 Å². The Balaban J connectivity index is 0.00000264. The Morgan fingerprint density at radius 3 is 2.83 bits per heavy atom. The third-order valence-corrected chi connectivity index (χ3v) is 4.20. The highest BCUT2D eigenvalue weighted by Crippen LogP contribution is 2.27. The molecule has 1 heterocycles. The molecule has 1 aliphatic heterocycles. The molecule has 1 aromatic rings. The first kappa shape index (κ1) is 23.1. The molecule has 8 heteroatoms. The summed E-state index contributed by atoms with van der Waals surface area (Å²) in [6.45, 7) is 4.63. The SMILES string of the molecule is COc1ccc(Cl)cc1NCCC(=O)NC1CCNCC1C.Cl.Cl. The molecule has 2 unspecified atom stereocenters. The number of nitrogens with one attached hydrogen (secondary N) is 3. The molecule has 1 aliphatic rings. The maximum Gasteiger partial charge on any atom is 0.221 e. The van der Waals surface area contributed by atoms with E-state index in [1.54, 1.807) is 25.3 Å². The number of halogens is 3. The number of rotatable bonds is 6. The normalized spacial score (nSPS) is 19.5. The number of anilines is 1. The molecule has 24 heavy (non-hydrogen) atoms. The van der Waals surface area contributed by atoms with Crippen molar-refractivity contribution in [2.24, 2.45) is 5.92 Å². The molecule has 2 rings (SSSR count). The van der Waals surface area contributed by atoms with Gasteiger partial charge >= 0.3 is 0 Å². The molecule has 1 amide bonds. The van der Waals surface area contributed by atoms with Crippen LogP contribution in [0.2, 0.25) is 5.02 Å². The van der Waals surface area contributed by atoms with Gasteiger partial charge in [0.2, 0.25) is 5.91 Å². The minimum atomic E-state index is 0. The van der Waals surface area contributed by atoms with E-state index >= 15 is 0 Å². The van der Waals surface area contributed by atoms with Gasteiger partial charge in [0.1, 0.15) is 5.75 Å². The van der Waals surface area contributed by atoms with Crippen LogP contribution in [0.15, 0.2) is 18.2 Å². The van der Waals surface area contributed by atoms with Gasteiger partial charge in [0.05, 0.1) is 12.8 Å². The fraction of sp³-hybridized carbons (Fsp3) is 0.562. The van der Waals surface area contributed by atoms with E-state index in [0.29, 0.717) is 23.9 Å². The van der Waals surface area contributed by atoms with E-state index in [9.17, 15) is 4.79 Å². The lowest BCUT2D eigenvalue weighted by molar-refractivity contribution is -0.122. The Labute approximate surface area is 161 Å². The second-order valence-electron chi connectivity index (χ2n) is 5.67. The van der Waals surface area contributed by atoms with E-state index in [-0.39, 0.29) is 36.8 Å². The third-order valence-electron chi connectivity index (χ3n) is 3.96. The molecular weight excluding hydrogens is 373 g/mol.